The standard InChI is InChI=1S/C9H17N5O/c1-7(2-3-15)5-11-8-4-9(14-10)13-6-12-8/h4,6-7,15H,2-3,5,10H2,1H3,(H2,11,12,13,14). The number of hydrogen-bond donors (Lipinski definition) is 4. The topological polar surface area (TPSA) is 96.1 Å². The van der Waals surface area contributed by atoms with Crippen LogP contribution in [-0.2, 0) is 0 Å². The van der Waals surface area contributed by atoms with Gasteiger partial charge in [0, 0.05) is 19.2 Å². The SMILES string of the molecule is CC(CCO)CNc1cc(NN)ncn1. The maximum atomic E-state index is 8.74. The van der Waals surface area contributed by atoms with Crippen molar-refractivity contribution in [3.8, 4) is 0 Å². The highest BCUT2D eigenvalue weighted by Crippen LogP contribution is 2.08. The number of aliphatic hydroxyl groups is 1. The summed E-state index contributed by atoms with van der Waals surface area (Å²) in [4.78, 5) is 7.93. The molecule has 1 aromatic rings. The molecule has 0 saturated heterocycles. The number of nitrogens with one attached hydrogen (secondary N) is 2. The summed E-state index contributed by atoms with van der Waals surface area (Å²) in [6.45, 7) is 3.04. The molecule has 0 aromatic carbocycles. The number of aromatic nitrogens is 2. The zero-order chi connectivity index (χ0) is 11.1. The molecule has 6 nitrogen and oxygen atoms in total. The normalized spacial score (nSPS) is 12.2. The molecule has 0 aliphatic rings. The van der Waals surface area contributed by atoms with Crippen LogP contribution in [0.5, 0.6) is 0 Å². The van der Waals surface area contributed by atoms with Gasteiger partial charge in [0.2, 0.25) is 0 Å². The minimum atomic E-state index is 0.211. The molecule has 1 unspecified atom stereocenters. The van der Waals surface area contributed by atoms with Crippen LogP contribution in [0.3, 0.4) is 0 Å². The third-order valence-corrected chi connectivity index (χ3v) is 2.07. The predicted octanol–water partition coefficient (Wildman–Crippen LogP) is 0.193. The minimum Gasteiger partial charge on any atom is -0.396 e. The molecule has 1 aromatic heterocycles. The largest absolute Gasteiger partial charge is 0.396 e. The van der Waals surface area contributed by atoms with Gasteiger partial charge in [-0.05, 0) is 12.3 Å². The lowest BCUT2D eigenvalue weighted by molar-refractivity contribution is 0.266. The number of aliphatic hydroxyl groups excluding tert-OH is 1. The Kier molecular flexibility index (Phi) is 4.79. The third kappa shape index (κ3) is 4.09. The Morgan fingerprint density at radius 2 is 2.20 bits per heavy atom. The molecule has 1 heterocycles. The summed E-state index contributed by atoms with van der Waals surface area (Å²) < 4.78 is 0. The van der Waals surface area contributed by atoms with E-state index in [-0.39, 0.29) is 6.61 Å². The van der Waals surface area contributed by atoms with Crippen molar-refractivity contribution in [1.29, 1.82) is 0 Å². The van der Waals surface area contributed by atoms with Crippen molar-refractivity contribution in [1.82, 2.24) is 9.97 Å². The van der Waals surface area contributed by atoms with E-state index in [0.29, 0.717) is 11.7 Å². The molecule has 0 radical (unpaired) electrons. The maximum absolute atomic E-state index is 8.74. The van der Waals surface area contributed by atoms with Crippen LogP contribution in [0.4, 0.5) is 11.6 Å². The highest BCUT2D eigenvalue weighted by Gasteiger charge is 2.02. The molecule has 5 N–H and O–H groups in total. The van der Waals surface area contributed by atoms with Crippen molar-refractivity contribution in [2.24, 2.45) is 11.8 Å². The van der Waals surface area contributed by atoms with Crippen molar-refractivity contribution >= 4 is 11.6 Å². The molecule has 0 aliphatic carbocycles. The Balaban J connectivity index is 2.43. The smallest absolute Gasteiger partial charge is 0.145 e. The Morgan fingerprint density at radius 1 is 1.47 bits per heavy atom. The van der Waals surface area contributed by atoms with E-state index >= 15 is 0 Å². The van der Waals surface area contributed by atoms with Gasteiger partial charge in [0.1, 0.15) is 18.0 Å². The van der Waals surface area contributed by atoms with E-state index in [9.17, 15) is 0 Å². The first-order chi connectivity index (χ1) is 7.26. The van der Waals surface area contributed by atoms with E-state index in [1.54, 1.807) is 6.07 Å². The Morgan fingerprint density at radius 3 is 2.87 bits per heavy atom. The monoisotopic (exact) mass is 211 g/mol. The van der Waals surface area contributed by atoms with Crippen molar-refractivity contribution in [2.45, 2.75) is 13.3 Å². The second-order valence-corrected chi connectivity index (χ2v) is 3.43. The lowest BCUT2D eigenvalue weighted by Crippen LogP contribution is -2.14. The highest BCUT2D eigenvalue weighted by atomic mass is 16.3. The number of hydrogen-bond acceptors (Lipinski definition) is 6. The van der Waals surface area contributed by atoms with E-state index in [4.69, 9.17) is 10.9 Å². The molecule has 1 atom stereocenters. The van der Waals surface area contributed by atoms with Gasteiger partial charge in [0.05, 0.1) is 0 Å². The van der Waals surface area contributed by atoms with Gasteiger partial charge in [0.15, 0.2) is 0 Å². The van der Waals surface area contributed by atoms with E-state index in [1.807, 2.05) is 0 Å². The first-order valence-electron chi connectivity index (χ1n) is 4.89. The van der Waals surface area contributed by atoms with Gasteiger partial charge >= 0.3 is 0 Å². The number of anilines is 2. The predicted molar refractivity (Wildman–Crippen MR) is 59.2 cm³/mol. The zero-order valence-electron chi connectivity index (χ0n) is 8.77. The molecule has 0 amide bonds. The summed E-state index contributed by atoms with van der Waals surface area (Å²) in [6.07, 6.45) is 2.22. The molecule has 84 valence electrons. The fourth-order valence-electron chi connectivity index (χ4n) is 1.13. The summed E-state index contributed by atoms with van der Waals surface area (Å²) in [5.74, 6) is 6.92. The number of hydrazine groups is 1. The Labute approximate surface area is 88.9 Å². The average Bonchev–Trinajstić information content (AvgIpc) is 2.27. The van der Waals surface area contributed by atoms with Crippen LogP contribution in [0.15, 0.2) is 12.4 Å². The fourth-order valence-corrected chi connectivity index (χ4v) is 1.13. The second-order valence-electron chi connectivity index (χ2n) is 3.43. The molecule has 0 spiro atoms. The highest BCUT2D eigenvalue weighted by molar-refractivity contribution is 5.45. The number of nitrogen functional groups attached to an aromatic ring is 1. The zero-order valence-corrected chi connectivity index (χ0v) is 8.77. The summed E-state index contributed by atoms with van der Waals surface area (Å²) in [5, 5.41) is 11.9. The van der Waals surface area contributed by atoms with Crippen LogP contribution in [0.25, 0.3) is 0 Å². The minimum absolute atomic E-state index is 0.211. The van der Waals surface area contributed by atoms with Crippen LogP contribution in [0.1, 0.15) is 13.3 Å². The van der Waals surface area contributed by atoms with Crippen LogP contribution < -0.4 is 16.6 Å². The van der Waals surface area contributed by atoms with E-state index in [2.05, 4.69) is 27.6 Å². The third-order valence-electron chi connectivity index (χ3n) is 2.07. The number of rotatable bonds is 6. The molecule has 6 heteroatoms. The van der Waals surface area contributed by atoms with Crippen LogP contribution in [-0.4, -0.2) is 28.2 Å². The lowest BCUT2D eigenvalue weighted by atomic mass is 10.1. The summed E-state index contributed by atoms with van der Waals surface area (Å²) in [7, 11) is 0. The van der Waals surface area contributed by atoms with Gasteiger partial charge in [-0.1, -0.05) is 6.92 Å². The van der Waals surface area contributed by atoms with Crippen LogP contribution in [0, 0.1) is 5.92 Å². The first kappa shape index (κ1) is 11.7. The molecule has 15 heavy (non-hydrogen) atoms. The van der Waals surface area contributed by atoms with E-state index in [0.717, 1.165) is 18.8 Å². The van der Waals surface area contributed by atoms with Crippen LogP contribution >= 0.6 is 0 Å². The van der Waals surface area contributed by atoms with Crippen molar-refractivity contribution in [3.05, 3.63) is 12.4 Å². The molecule has 0 aliphatic heterocycles. The average molecular weight is 211 g/mol. The van der Waals surface area contributed by atoms with E-state index in [1.165, 1.54) is 6.33 Å². The van der Waals surface area contributed by atoms with Gasteiger partial charge in [0.25, 0.3) is 0 Å². The number of nitrogens with two attached hydrogens (primary N) is 1. The summed E-state index contributed by atoms with van der Waals surface area (Å²) in [5.41, 5.74) is 2.45. The Hall–Kier alpha value is -1.40. The lowest BCUT2D eigenvalue weighted by Gasteiger charge is -2.11. The van der Waals surface area contributed by atoms with Crippen molar-refractivity contribution in [3.63, 3.8) is 0 Å². The van der Waals surface area contributed by atoms with Gasteiger partial charge in [-0.3, -0.25) is 0 Å². The van der Waals surface area contributed by atoms with Crippen LogP contribution in [0.2, 0.25) is 0 Å². The second kappa shape index (κ2) is 6.15. The molecular formula is C9H17N5O. The summed E-state index contributed by atoms with van der Waals surface area (Å²) in [6, 6.07) is 1.73. The molecule has 0 bridgehead atoms. The van der Waals surface area contributed by atoms with Gasteiger partial charge in [-0.25, -0.2) is 15.8 Å². The van der Waals surface area contributed by atoms with E-state index < -0.39 is 0 Å². The quantitative estimate of drug-likeness (QED) is 0.396. The van der Waals surface area contributed by atoms with Crippen molar-refractivity contribution < 1.29 is 5.11 Å². The summed E-state index contributed by atoms with van der Waals surface area (Å²) >= 11 is 0. The van der Waals surface area contributed by atoms with Gasteiger partial charge in [-0.15, -0.1) is 0 Å². The fraction of sp³-hybridized carbons (Fsp3) is 0.556. The van der Waals surface area contributed by atoms with Gasteiger partial charge < -0.3 is 15.8 Å². The molecule has 0 saturated carbocycles. The molecular weight excluding hydrogens is 194 g/mol. The first-order valence-corrected chi connectivity index (χ1v) is 4.89. The van der Waals surface area contributed by atoms with Crippen molar-refractivity contribution in [2.75, 3.05) is 23.9 Å². The molecule has 1 rings (SSSR count). The molecule has 0 fully saturated rings. The number of nitrogens with zero attached hydrogens (tertiary/aromatic N) is 2. The maximum Gasteiger partial charge on any atom is 0.145 e. The Bertz CT molecular complexity index is 294. The van der Waals surface area contributed by atoms with Gasteiger partial charge in [-0.2, -0.15) is 0 Å².